The standard InChI is InChI=1S/C29H22N2O4/c32-27(21-10-3-1-4-11-21)25-26(31(29(34)28(25)33)19-20-9-8-16-30-18-20)22-12-7-15-24(17-22)35-23-13-5-2-6-14-23/h1-18,26,32H,19H2/t26-/m1/s1. The van der Waals surface area contributed by atoms with E-state index in [0.29, 0.717) is 22.6 Å². The smallest absolute Gasteiger partial charge is 0.295 e. The second kappa shape index (κ2) is 9.65. The lowest BCUT2D eigenvalue weighted by Crippen LogP contribution is -2.29. The first kappa shape index (κ1) is 22.1. The summed E-state index contributed by atoms with van der Waals surface area (Å²) in [5.74, 6) is -0.393. The molecule has 1 fully saturated rings. The van der Waals surface area contributed by atoms with Gasteiger partial charge in [0.15, 0.2) is 0 Å². The van der Waals surface area contributed by atoms with Crippen molar-refractivity contribution in [2.24, 2.45) is 0 Å². The van der Waals surface area contributed by atoms with Crippen molar-refractivity contribution in [3.05, 3.63) is 132 Å². The fourth-order valence-corrected chi connectivity index (χ4v) is 4.20. The number of hydrogen-bond donors (Lipinski definition) is 1. The highest BCUT2D eigenvalue weighted by atomic mass is 16.5. The number of aliphatic hydroxyl groups excluding tert-OH is 1. The number of para-hydroxylation sites is 1. The van der Waals surface area contributed by atoms with E-state index < -0.39 is 17.7 Å². The van der Waals surface area contributed by atoms with Gasteiger partial charge in [0.2, 0.25) is 0 Å². The fourth-order valence-electron chi connectivity index (χ4n) is 4.20. The molecular formula is C29H22N2O4. The van der Waals surface area contributed by atoms with E-state index in [9.17, 15) is 14.7 Å². The molecule has 1 atom stereocenters. The van der Waals surface area contributed by atoms with Crippen molar-refractivity contribution in [2.45, 2.75) is 12.6 Å². The summed E-state index contributed by atoms with van der Waals surface area (Å²) in [4.78, 5) is 32.0. The third-order valence-corrected chi connectivity index (χ3v) is 5.82. The lowest BCUT2D eigenvalue weighted by molar-refractivity contribution is -0.140. The molecule has 0 unspecified atom stereocenters. The highest BCUT2D eigenvalue weighted by Gasteiger charge is 2.46. The maximum Gasteiger partial charge on any atom is 0.295 e. The number of nitrogens with zero attached hydrogens (tertiary/aromatic N) is 2. The molecule has 3 aromatic carbocycles. The van der Waals surface area contributed by atoms with Crippen LogP contribution in [0.1, 0.15) is 22.7 Å². The largest absolute Gasteiger partial charge is 0.507 e. The highest BCUT2D eigenvalue weighted by molar-refractivity contribution is 6.46. The molecule has 1 amide bonds. The second-order valence-electron chi connectivity index (χ2n) is 8.14. The Kier molecular flexibility index (Phi) is 6.09. The van der Waals surface area contributed by atoms with Crippen molar-refractivity contribution in [2.75, 3.05) is 0 Å². The monoisotopic (exact) mass is 462 g/mol. The molecule has 172 valence electrons. The highest BCUT2D eigenvalue weighted by Crippen LogP contribution is 2.41. The molecule has 4 aromatic rings. The van der Waals surface area contributed by atoms with E-state index in [1.807, 2.05) is 48.5 Å². The molecular weight excluding hydrogens is 440 g/mol. The Labute approximate surface area is 202 Å². The number of carbonyl (C=O) groups excluding carboxylic acids is 2. The van der Waals surface area contributed by atoms with E-state index in [0.717, 1.165) is 5.56 Å². The number of likely N-dealkylation sites (tertiary alicyclic amines) is 1. The molecule has 0 saturated carbocycles. The summed E-state index contributed by atoms with van der Waals surface area (Å²) in [5, 5.41) is 11.2. The molecule has 35 heavy (non-hydrogen) atoms. The Hall–Kier alpha value is -4.71. The summed E-state index contributed by atoms with van der Waals surface area (Å²) in [7, 11) is 0. The number of ketones is 1. The zero-order chi connectivity index (χ0) is 24.2. The fraction of sp³-hybridized carbons (Fsp3) is 0.0690. The first-order valence-electron chi connectivity index (χ1n) is 11.2. The quantitative estimate of drug-likeness (QED) is 0.233. The van der Waals surface area contributed by atoms with E-state index >= 15 is 0 Å². The van der Waals surface area contributed by atoms with Crippen LogP contribution in [-0.2, 0) is 16.1 Å². The van der Waals surface area contributed by atoms with Crippen LogP contribution in [-0.4, -0.2) is 26.7 Å². The third kappa shape index (κ3) is 4.54. The van der Waals surface area contributed by atoms with Gasteiger partial charge in [0.25, 0.3) is 11.7 Å². The molecule has 6 nitrogen and oxygen atoms in total. The molecule has 0 aliphatic carbocycles. The van der Waals surface area contributed by atoms with Crippen LogP contribution in [0.2, 0.25) is 0 Å². The van der Waals surface area contributed by atoms with Crippen molar-refractivity contribution in [1.29, 1.82) is 0 Å². The number of rotatable bonds is 6. The maximum absolute atomic E-state index is 13.2. The summed E-state index contributed by atoms with van der Waals surface area (Å²) in [6.07, 6.45) is 3.30. The van der Waals surface area contributed by atoms with Crippen molar-refractivity contribution in [1.82, 2.24) is 9.88 Å². The molecule has 6 heteroatoms. The number of ether oxygens (including phenoxy) is 1. The average molecular weight is 463 g/mol. The van der Waals surface area contributed by atoms with E-state index in [1.54, 1.807) is 60.9 Å². The van der Waals surface area contributed by atoms with Crippen LogP contribution < -0.4 is 4.74 Å². The first-order chi connectivity index (χ1) is 17.1. The Bertz CT molecular complexity index is 1390. The molecule has 1 N–H and O–H groups in total. The van der Waals surface area contributed by atoms with Gasteiger partial charge in [-0.2, -0.15) is 0 Å². The Balaban J connectivity index is 1.61. The van der Waals surface area contributed by atoms with Gasteiger partial charge in [-0.1, -0.05) is 66.7 Å². The summed E-state index contributed by atoms with van der Waals surface area (Å²) < 4.78 is 5.99. The summed E-state index contributed by atoms with van der Waals surface area (Å²) in [6, 6.07) is 28.2. The van der Waals surface area contributed by atoms with Crippen molar-refractivity contribution in [3.63, 3.8) is 0 Å². The number of hydrogen-bond acceptors (Lipinski definition) is 5. The Morgan fingerprint density at radius 3 is 2.29 bits per heavy atom. The minimum Gasteiger partial charge on any atom is -0.507 e. The lowest BCUT2D eigenvalue weighted by atomic mass is 9.95. The van der Waals surface area contributed by atoms with Gasteiger partial charge in [-0.3, -0.25) is 14.6 Å². The van der Waals surface area contributed by atoms with Gasteiger partial charge >= 0.3 is 0 Å². The minimum absolute atomic E-state index is 0.0435. The molecule has 1 aromatic heterocycles. The van der Waals surface area contributed by atoms with E-state index in [1.165, 1.54) is 4.90 Å². The van der Waals surface area contributed by atoms with Gasteiger partial charge in [0.05, 0.1) is 11.6 Å². The van der Waals surface area contributed by atoms with Gasteiger partial charge in [0.1, 0.15) is 17.3 Å². The summed E-state index contributed by atoms with van der Waals surface area (Å²) >= 11 is 0. The van der Waals surface area contributed by atoms with Crippen LogP contribution in [0.25, 0.3) is 5.76 Å². The van der Waals surface area contributed by atoms with Gasteiger partial charge in [0, 0.05) is 24.5 Å². The van der Waals surface area contributed by atoms with E-state index in [2.05, 4.69) is 4.98 Å². The third-order valence-electron chi connectivity index (χ3n) is 5.82. The number of aliphatic hydroxyl groups is 1. The molecule has 1 aliphatic heterocycles. The number of Topliss-reactive ketones (excluding diaryl/α,β-unsaturated/α-hetero) is 1. The van der Waals surface area contributed by atoms with Gasteiger partial charge in [-0.05, 0) is 41.5 Å². The van der Waals surface area contributed by atoms with E-state index in [-0.39, 0.29) is 17.9 Å². The maximum atomic E-state index is 13.2. The Morgan fingerprint density at radius 2 is 1.57 bits per heavy atom. The van der Waals surface area contributed by atoms with Crippen LogP contribution in [0.5, 0.6) is 11.5 Å². The number of aromatic nitrogens is 1. The van der Waals surface area contributed by atoms with Crippen molar-refractivity contribution in [3.8, 4) is 11.5 Å². The van der Waals surface area contributed by atoms with Crippen molar-refractivity contribution < 1.29 is 19.4 Å². The lowest BCUT2D eigenvalue weighted by Gasteiger charge is -2.25. The topological polar surface area (TPSA) is 79.7 Å². The minimum atomic E-state index is -0.797. The summed E-state index contributed by atoms with van der Waals surface area (Å²) in [5.41, 5.74) is 1.94. The SMILES string of the molecule is O=C1C(=O)N(Cc2cccnc2)[C@H](c2cccc(Oc3ccccc3)c2)C1=C(O)c1ccccc1. The van der Waals surface area contributed by atoms with Gasteiger partial charge in [-0.15, -0.1) is 0 Å². The van der Waals surface area contributed by atoms with Crippen molar-refractivity contribution >= 4 is 17.4 Å². The van der Waals surface area contributed by atoms with Crippen LogP contribution in [0.3, 0.4) is 0 Å². The average Bonchev–Trinajstić information content (AvgIpc) is 3.15. The molecule has 5 rings (SSSR count). The predicted octanol–water partition coefficient (Wildman–Crippen LogP) is 5.50. The van der Waals surface area contributed by atoms with Crippen LogP contribution in [0.15, 0.2) is 115 Å². The summed E-state index contributed by atoms with van der Waals surface area (Å²) in [6.45, 7) is 0.165. The number of carbonyl (C=O) groups is 2. The number of benzene rings is 3. The van der Waals surface area contributed by atoms with Gasteiger partial charge in [-0.25, -0.2) is 0 Å². The second-order valence-corrected chi connectivity index (χ2v) is 8.14. The van der Waals surface area contributed by atoms with Crippen LogP contribution >= 0.6 is 0 Å². The molecule has 0 spiro atoms. The van der Waals surface area contributed by atoms with Crippen LogP contribution in [0.4, 0.5) is 0 Å². The Morgan fingerprint density at radius 1 is 0.857 bits per heavy atom. The molecule has 2 heterocycles. The molecule has 0 radical (unpaired) electrons. The zero-order valence-corrected chi connectivity index (χ0v) is 18.7. The zero-order valence-electron chi connectivity index (χ0n) is 18.7. The van der Waals surface area contributed by atoms with E-state index in [4.69, 9.17) is 4.74 Å². The molecule has 1 aliphatic rings. The first-order valence-corrected chi connectivity index (χ1v) is 11.2. The number of pyridine rings is 1. The predicted molar refractivity (Wildman–Crippen MR) is 131 cm³/mol. The molecule has 0 bridgehead atoms. The van der Waals surface area contributed by atoms with Gasteiger partial charge < -0.3 is 14.7 Å². The molecule has 1 saturated heterocycles. The van der Waals surface area contributed by atoms with Crippen LogP contribution in [0, 0.1) is 0 Å². The normalized spacial score (nSPS) is 16.9. The number of amides is 1.